The maximum atomic E-state index is 12.1. The van der Waals surface area contributed by atoms with Crippen LogP contribution >= 0.6 is 0 Å². The Balaban J connectivity index is 1.74. The molecule has 0 unspecified atom stereocenters. The first-order valence-corrected chi connectivity index (χ1v) is 8.79. The van der Waals surface area contributed by atoms with Crippen molar-refractivity contribution in [3.8, 4) is 0 Å². The van der Waals surface area contributed by atoms with Gasteiger partial charge in [0.15, 0.2) is 0 Å². The lowest BCUT2D eigenvalue weighted by atomic mass is 9.98. The van der Waals surface area contributed by atoms with Gasteiger partial charge in [-0.25, -0.2) is 12.7 Å². The lowest BCUT2D eigenvalue weighted by molar-refractivity contribution is 0.266. The molecule has 4 nitrogen and oxygen atoms in total. The third kappa shape index (κ3) is 4.21. The van der Waals surface area contributed by atoms with E-state index in [1.54, 1.807) is 4.31 Å². The zero-order valence-electron chi connectivity index (χ0n) is 11.6. The van der Waals surface area contributed by atoms with Crippen LogP contribution in [0.25, 0.3) is 0 Å². The van der Waals surface area contributed by atoms with Crippen molar-refractivity contribution in [1.82, 2.24) is 9.62 Å². The summed E-state index contributed by atoms with van der Waals surface area (Å²) < 4.78 is 25.9. The molecule has 0 radical (unpaired) electrons. The second kappa shape index (κ2) is 5.88. The van der Waals surface area contributed by atoms with Crippen LogP contribution in [0.15, 0.2) is 0 Å². The van der Waals surface area contributed by atoms with E-state index in [4.69, 9.17) is 0 Å². The second-order valence-electron chi connectivity index (χ2n) is 6.20. The van der Waals surface area contributed by atoms with Gasteiger partial charge in [0.05, 0.1) is 5.75 Å². The van der Waals surface area contributed by atoms with Crippen molar-refractivity contribution in [2.24, 2.45) is 11.8 Å². The number of rotatable bonds is 6. The average molecular weight is 274 g/mol. The summed E-state index contributed by atoms with van der Waals surface area (Å²) in [5, 5.41) is 3.54. The number of nitrogens with zero attached hydrogens (tertiary/aromatic N) is 1. The zero-order chi connectivity index (χ0) is 13.2. The van der Waals surface area contributed by atoms with Crippen LogP contribution in [0.5, 0.6) is 0 Å². The van der Waals surface area contributed by atoms with E-state index in [-0.39, 0.29) is 11.7 Å². The van der Waals surface area contributed by atoms with E-state index >= 15 is 0 Å². The minimum atomic E-state index is -3.01. The molecule has 1 aliphatic carbocycles. The molecule has 106 valence electrons. The van der Waals surface area contributed by atoms with E-state index in [0.717, 1.165) is 25.4 Å². The molecule has 0 bridgehead atoms. The normalized spacial score (nSPS) is 23.7. The fourth-order valence-electron chi connectivity index (χ4n) is 2.54. The molecule has 0 aromatic rings. The molecule has 1 saturated heterocycles. The van der Waals surface area contributed by atoms with E-state index < -0.39 is 10.0 Å². The number of piperidine rings is 1. The molecule has 0 aromatic carbocycles. The number of hydrogen-bond acceptors (Lipinski definition) is 3. The van der Waals surface area contributed by atoms with Crippen molar-refractivity contribution in [1.29, 1.82) is 0 Å². The molecule has 18 heavy (non-hydrogen) atoms. The molecule has 1 aliphatic heterocycles. The molecule has 1 N–H and O–H groups in total. The van der Waals surface area contributed by atoms with Crippen molar-refractivity contribution in [3.63, 3.8) is 0 Å². The van der Waals surface area contributed by atoms with Gasteiger partial charge in [0, 0.05) is 19.1 Å². The third-order valence-electron chi connectivity index (χ3n) is 3.78. The van der Waals surface area contributed by atoms with Gasteiger partial charge in [-0.1, -0.05) is 13.8 Å². The Hall–Kier alpha value is -0.130. The van der Waals surface area contributed by atoms with Crippen molar-refractivity contribution < 1.29 is 8.42 Å². The van der Waals surface area contributed by atoms with E-state index in [9.17, 15) is 8.42 Å². The van der Waals surface area contributed by atoms with Crippen LogP contribution in [0, 0.1) is 11.8 Å². The Morgan fingerprint density at radius 2 is 1.78 bits per heavy atom. The van der Waals surface area contributed by atoms with Crippen molar-refractivity contribution in [2.75, 3.05) is 25.4 Å². The number of hydrogen-bond donors (Lipinski definition) is 1. The molecule has 2 fully saturated rings. The van der Waals surface area contributed by atoms with E-state index in [0.29, 0.717) is 19.0 Å². The van der Waals surface area contributed by atoms with Crippen molar-refractivity contribution in [2.45, 2.75) is 45.6 Å². The van der Waals surface area contributed by atoms with Gasteiger partial charge in [0.1, 0.15) is 0 Å². The highest BCUT2D eigenvalue weighted by Gasteiger charge is 2.29. The molecular formula is C13H26N2O2S. The minimum Gasteiger partial charge on any atom is -0.314 e. The van der Waals surface area contributed by atoms with E-state index in [2.05, 4.69) is 5.32 Å². The Morgan fingerprint density at radius 1 is 1.17 bits per heavy atom. The Bertz CT molecular complexity index is 355. The van der Waals surface area contributed by atoms with Gasteiger partial charge in [-0.05, 0) is 44.1 Å². The van der Waals surface area contributed by atoms with Crippen LogP contribution < -0.4 is 5.32 Å². The molecule has 5 heteroatoms. The van der Waals surface area contributed by atoms with Crippen LogP contribution in [-0.2, 0) is 10.0 Å². The summed E-state index contributed by atoms with van der Waals surface area (Å²) in [4.78, 5) is 0. The molecule has 1 saturated carbocycles. The van der Waals surface area contributed by atoms with Crippen molar-refractivity contribution >= 4 is 10.0 Å². The fourth-order valence-corrected chi connectivity index (χ4v) is 4.36. The summed E-state index contributed by atoms with van der Waals surface area (Å²) in [7, 11) is -3.01. The molecule has 0 spiro atoms. The Kier molecular flexibility index (Phi) is 4.67. The monoisotopic (exact) mass is 274 g/mol. The van der Waals surface area contributed by atoms with Crippen LogP contribution in [0.2, 0.25) is 0 Å². The highest BCUT2D eigenvalue weighted by Crippen LogP contribution is 2.23. The summed E-state index contributed by atoms with van der Waals surface area (Å²) in [6.45, 7) is 6.43. The van der Waals surface area contributed by atoms with Crippen LogP contribution in [0.3, 0.4) is 0 Å². The van der Waals surface area contributed by atoms with Gasteiger partial charge in [-0.2, -0.15) is 0 Å². The molecule has 1 heterocycles. The van der Waals surface area contributed by atoms with Crippen molar-refractivity contribution in [3.05, 3.63) is 0 Å². The SMILES string of the molecule is CC(C)CS(=O)(=O)N1CCC(CNC2CC2)CC1. The smallest absolute Gasteiger partial charge is 0.214 e. The Morgan fingerprint density at radius 3 is 2.28 bits per heavy atom. The van der Waals surface area contributed by atoms with Gasteiger partial charge in [0.25, 0.3) is 0 Å². The van der Waals surface area contributed by atoms with E-state index in [1.807, 2.05) is 13.8 Å². The van der Waals surface area contributed by atoms with Crippen LogP contribution in [0.1, 0.15) is 39.5 Å². The summed E-state index contributed by atoms with van der Waals surface area (Å²) in [6.07, 6.45) is 4.66. The molecule has 0 aromatic heterocycles. The van der Waals surface area contributed by atoms with Gasteiger partial charge in [-0.3, -0.25) is 0 Å². The van der Waals surface area contributed by atoms with Gasteiger partial charge in [0.2, 0.25) is 10.0 Å². The first kappa shape index (κ1) is 14.3. The quantitative estimate of drug-likeness (QED) is 0.797. The van der Waals surface area contributed by atoms with E-state index in [1.165, 1.54) is 12.8 Å². The molecular weight excluding hydrogens is 248 g/mol. The fraction of sp³-hybridized carbons (Fsp3) is 1.00. The molecule has 0 atom stereocenters. The Labute approximate surface area is 111 Å². The number of sulfonamides is 1. The van der Waals surface area contributed by atoms with Gasteiger partial charge >= 0.3 is 0 Å². The summed E-state index contributed by atoms with van der Waals surface area (Å²) in [5.41, 5.74) is 0. The molecule has 2 rings (SSSR count). The van der Waals surface area contributed by atoms with Crippen LogP contribution in [-0.4, -0.2) is 44.2 Å². The second-order valence-corrected chi connectivity index (χ2v) is 8.21. The summed E-state index contributed by atoms with van der Waals surface area (Å²) in [6, 6.07) is 0.757. The van der Waals surface area contributed by atoms with Gasteiger partial charge < -0.3 is 5.32 Å². The largest absolute Gasteiger partial charge is 0.314 e. The molecule has 0 amide bonds. The summed E-state index contributed by atoms with van der Waals surface area (Å²) >= 11 is 0. The zero-order valence-corrected chi connectivity index (χ0v) is 12.4. The molecule has 2 aliphatic rings. The highest BCUT2D eigenvalue weighted by atomic mass is 32.2. The first-order chi connectivity index (χ1) is 8.47. The average Bonchev–Trinajstić information content (AvgIpc) is 3.09. The lowest BCUT2D eigenvalue weighted by Gasteiger charge is -2.31. The van der Waals surface area contributed by atoms with Gasteiger partial charge in [-0.15, -0.1) is 0 Å². The summed E-state index contributed by atoms with van der Waals surface area (Å²) in [5.74, 6) is 1.17. The predicted molar refractivity (Wildman–Crippen MR) is 73.9 cm³/mol. The maximum Gasteiger partial charge on any atom is 0.214 e. The minimum absolute atomic E-state index is 0.212. The highest BCUT2D eigenvalue weighted by molar-refractivity contribution is 7.89. The standard InChI is InChI=1S/C13H26N2O2S/c1-11(2)10-18(16,17)15-7-5-12(6-8-15)9-14-13-3-4-13/h11-14H,3-10H2,1-2H3. The van der Waals surface area contributed by atoms with Crippen LogP contribution in [0.4, 0.5) is 0 Å². The lowest BCUT2D eigenvalue weighted by Crippen LogP contribution is -2.42. The number of nitrogens with one attached hydrogen (secondary N) is 1. The topological polar surface area (TPSA) is 49.4 Å². The first-order valence-electron chi connectivity index (χ1n) is 7.18. The third-order valence-corrected chi connectivity index (χ3v) is 6.02. The maximum absolute atomic E-state index is 12.1. The predicted octanol–water partition coefficient (Wildman–Crippen LogP) is 1.44.